The van der Waals surface area contributed by atoms with Crippen LogP contribution in [-0.4, -0.2) is 22.8 Å². The first-order chi connectivity index (χ1) is 9.03. The van der Waals surface area contributed by atoms with E-state index in [9.17, 15) is 9.90 Å². The fraction of sp³-hybridized carbons (Fsp3) is 0.812. The summed E-state index contributed by atoms with van der Waals surface area (Å²) in [6, 6.07) is 0. The van der Waals surface area contributed by atoms with Crippen molar-refractivity contribution in [3.05, 3.63) is 12.7 Å². The van der Waals surface area contributed by atoms with E-state index in [1.165, 1.54) is 18.9 Å². The van der Waals surface area contributed by atoms with Crippen molar-refractivity contribution in [2.24, 2.45) is 35.5 Å². The molecule has 4 saturated carbocycles. The van der Waals surface area contributed by atoms with Crippen molar-refractivity contribution in [3.63, 3.8) is 0 Å². The number of aliphatic hydroxyl groups excluding tert-OH is 1. The summed E-state index contributed by atoms with van der Waals surface area (Å²) >= 11 is 0. The molecule has 0 saturated heterocycles. The minimum absolute atomic E-state index is 0.0624. The first kappa shape index (κ1) is 12.0. The average Bonchev–Trinajstić information content (AvgIpc) is 3.04. The second-order valence-corrected chi connectivity index (χ2v) is 7.36. The minimum atomic E-state index is -0.285. The number of rotatable bonds is 2. The first-order valence-electron chi connectivity index (χ1n) is 7.57. The number of hydrogen-bond donors (Lipinski definition) is 1. The molecule has 0 aromatic heterocycles. The molecular weight excluding hydrogens is 240 g/mol. The van der Waals surface area contributed by atoms with E-state index in [1.54, 1.807) is 0 Å². The highest BCUT2D eigenvalue weighted by atomic mass is 16.6. The number of hydrogen-bond acceptors (Lipinski definition) is 3. The molecule has 104 valence electrons. The highest BCUT2D eigenvalue weighted by Gasteiger charge is 2.68. The Bertz CT molecular complexity index is 445. The lowest BCUT2D eigenvalue weighted by Crippen LogP contribution is -2.47. The van der Waals surface area contributed by atoms with Crippen LogP contribution < -0.4 is 0 Å². The molecule has 4 aliphatic carbocycles. The van der Waals surface area contributed by atoms with Crippen molar-refractivity contribution in [3.8, 4) is 0 Å². The first-order valence-corrected chi connectivity index (χ1v) is 7.57. The van der Waals surface area contributed by atoms with Crippen molar-refractivity contribution in [2.45, 2.75) is 44.3 Å². The van der Waals surface area contributed by atoms with E-state index in [0.29, 0.717) is 35.5 Å². The van der Waals surface area contributed by atoms with E-state index in [-0.39, 0.29) is 17.7 Å². The summed E-state index contributed by atoms with van der Waals surface area (Å²) in [5.74, 6) is 3.47. The number of ether oxygens (including phenoxy) is 1. The predicted molar refractivity (Wildman–Crippen MR) is 70.1 cm³/mol. The van der Waals surface area contributed by atoms with Gasteiger partial charge in [-0.15, -0.1) is 0 Å². The van der Waals surface area contributed by atoms with Gasteiger partial charge < -0.3 is 9.84 Å². The quantitative estimate of drug-likeness (QED) is 0.471. The van der Waals surface area contributed by atoms with E-state index in [0.717, 1.165) is 12.8 Å². The number of carbonyl (C=O) groups excluding carboxylic acids is 1. The van der Waals surface area contributed by atoms with E-state index in [1.807, 2.05) is 0 Å². The zero-order valence-corrected chi connectivity index (χ0v) is 11.4. The molecule has 8 atom stereocenters. The Balaban J connectivity index is 1.60. The van der Waals surface area contributed by atoms with Crippen LogP contribution >= 0.6 is 0 Å². The van der Waals surface area contributed by atoms with Crippen molar-refractivity contribution < 1.29 is 14.6 Å². The summed E-state index contributed by atoms with van der Waals surface area (Å²) < 4.78 is 5.71. The van der Waals surface area contributed by atoms with Crippen molar-refractivity contribution in [1.82, 2.24) is 0 Å². The van der Waals surface area contributed by atoms with Gasteiger partial charge in [0.2, 0.25) is 0 Å². The summed E-state index contributed by atoms with van der Waals surface area (Å²) in [6.45, 7) is 5.61. The SMILES string of the molecule is C=CC(=O)OC1(C)CC2CC1C1C3CC(O)C(C3)C21. The number of aliphatic hydroxyl groups is 1. The third-order valence-corrected chi connectivity index (χ3v) is 6.61. The zero-order chi connectivity index (χ0) is 13.4. The van der Waals surface area contributed by atoms with Crippen LogP contribution in [0.2, 0.25) is 0 Å². The zero-order valence-electron chi connectivity index (χ0n) is 11.4. The van der Waals surface area contributed by atoms with Crippen LogP contribution in [0.1, 0.15) is 32.6 Å². The van der Waals surface area contributed by atoms with E-state index < -0.39 is 0 Å². The molecular formula is C16H22O3. The monoisotopic (exact) mass is 262 g/mol. The molecule has 0 spiro atoms. The molecule has 0 aliphatic heterocycles. The maximum absolute atomic E-state index is 11.6. The van der Waals surface area contributed by atoms with Crippen LogP contribution in [0.15, 0.2) is 12.7 Å². The predicted octanol–water partition coefficient (Wildman–Crippen LogP) is 2.15. The summed E-state index contributed by atoms with van der Waals surface area (Å²) in [5.41, 5.74) is -0.285. The number of esters is 1. The largest absolute Gasteiger partial charge is 0.456 e. The highest BCUT2D eigenvalue weighted by molar-refractivity contribution is 5.81. The Kier molecular flexibility index (Phi) is 2.28. The van der Waals surface area contributed by atoms with E-state index in [4.69, 9.17) is 4.74 Å². The van der Waals surface area contributed by atoms with Gasteiger partial charge in [0, 0.05) is 12.0 Å². The Labute approximate surface area is 114 Å². The third-order valence-electron chi connectivity index (χ3n) is 6.61. The van der Waals surface area contributed by atoms with Gasteiger partial charge in [-0.05, 0) is 62.2 Å². The number of fused-ring (bicyclic) bond motifs is 9. The molecule has 0 heterocycles. The van der Waals surface area contributed by atoms with Crippen LogP contribution in [-0.2, 0) is 9.53 Å². The topological polar surface area (TPSA) is 46.5 Å². The molecule has 0 aromatic carbocycles. The lowest BCUT2D eigenvalue weighted by molar-refractivity contribution is -0.163. The standard InChI is InChI=1S/C16H22O3/c1-3-13(18)19-16(2)7-9-5-11(16)15-8-4-10(14(9)15)12(17)6-8/h3,8-12,14-15,17H,1,4-7H2,2H3. The Morgan fingerprint density at radius 3 is 2.84 bits per heavy atom. The second-order valence-electron chi connectivity index (χ2n) is 7.36. The third kappa shape index (κ3) is 1.40. The van der Waals surface area contributed by atoms with Crippen molar-refractivity contribution in [2.75, 3.05) is 0 Å². The van der Waals surface area contributed by atoms with Crippen molar-refractivity contribution in [1.29, 1.82) is 0 Å². The second kappa shape index (κ2) is 3.63. The molecule has 3 nitrogen and oxygen atoms in total. The normalized spacial score (nSPS) is 57.3. The van der Waals surface area contributed by atoms with Gasteiger partial charge in [-0.2, -0.15) is 0 Å². The molecule has 8 unspecified atom stereocenters. The van der Waals surface area contributed by atoms with Crippen LogP contribution in [0.25, 0.3) is 0 Å². The van der Waals surface area contributed by atoms with Gasteiger partial charge in [0.1, 0.15) is 5.60 Å². The molecule has 1 N–H and O–H groups in total. The molecule has 4 bridgehead atoms. The summed E-state index contributed by atoms with van der Waals surface area (Å²) in [5, 5.41) is 10.1. The summed E-state index contributed by atoms with van der Waals surface area (Å²) in [4.78, 5) is 11.6. The van der Waals surface area contributed by atoms with Crippen LogP contribution in [0, 0.1) is 35.5 Å². The van der Waals surface area contributed by atoms with E-state index in [2.05, 4.69) is 13.5 Å². The molecule has 0 amide bonds. The van der Waals surface area contributed by atoms with Gasteiger partial charge in [-0.25, -0.2) is 4.79 Å². The molecule has 0 aromatic rings. The molecule has 4 fully saturated rings. The van der Waals surface area contributed by atoms with Crippen LogP contribution in [0.5, 0.6) is 0 Å². The Hall–Kier alpha value is -0.830. The van der Waals surface area contributed by atoms with Gasteiger partial charge in [0.25, 0.3) is 0 Å². The van der Waals surface area contributed by atoms with Gasteiger partial charge in [-0.3, -0.25) is 0 Å². The Morgan fingerprint density at radius 1 is 1.32 bits per heavy atom. The fourth-order valence-electron chi connectivity index (χ4n) is 6.25. The maximum Gasteiger partial charge on any atom is 0.330 e. The van der Waals surface area contributed by atoms with Gasteiger partial charge in [-0.1, -0.05) is 6.58 Å². The van der Waals surface area contributed by atoms with Gasteiger partial charge >= 0.3 is 5.97 Å². The average molecular weight is 262 g/mol. The van der Waals surface area contributed by atoms with Crippen LogP contribution in [0.4, 0.5) is 0 Å². The van der Waals surface area contributed by atoms with E-state index >= 15 is 0 Å². The molecule has 4 aliphatic rings. The highest BCUT2D eigenvalue weighted by Crippen LogP contribution is 2.70. The molecule has 4 rings (SSSR count). The minimum Gasteiger partial charge on any atom is -0.456 e. The maximum atomic E-state index is 11.6. The molecule has 0 radical (unpaired) electrons. The summed E-state index contributed by atoms with van der Waals surface area (Å²) in [6.07, 6.45) is 5.56. The lowest BCUT2D eigenvalue weighted by Gasteiger charge is -2.44. The molecule has 3 heteroatoms. The molecule has 19 heavy (non-hydrogen) atoms. The lowest BCUT2D eigenvalue weighted by atomic mass is 9.65. The fourth-order valence-corrected chi connectivity index (χ4v) is 6.25. The Morgan fingerprint density at radius 2 is 2.11 bits per heavy atom. The van der Waals surface area contributed by atoms with Crippen molar-refractivity contribution >= 4 is 5.97 Å². The van der Waals surface area contributed by atoms with Crippen LogP contribution in [0.3, 0.4) is 0 Å². The van der Waals surface area contributed by atoms with Gasteiger partial charge in [0.15, 0.2) is 0 Å². The smallest absolute Gasteiger partial charge is 0.330 e. The summed E-state index contributed by atoms with van der Waals surface area (Å²) in [7, 11) is 0. The van der Waals surface area contributed by atoms with Gasteiger partial charge in [0.05, 0.1) is 6.10 Å². The number of carbonyl (C=O) groups is 1.